The third-order valence-corrected chi connectivity index (χ3v) is 2.80. The van der Waals surface area contributed by atoms with Crippen LogP contribution in [0.3, 0.4) is 0 Å². The first-order valence-corrected chi connectivity index (χ1v) is 5.68. The second-order valence-corrected chi connectivity index (χ2v) is 4.13. The van der Waals surface area contributed by atoms with E-state index in [0.29, 0.717) is 11.5 Å². The van der Waals surface area contributed by atoms with Gasteiger partial charge < -0.3 is 9.73 Å². The first kappa shape index (κ1) is 13.6. The molecule has 1 unspecified atom stereocenters. The highest BCUT2D eigenvalue weighted by Crippen LogP contribution is 2.36. The zero-order chi connectivity index (χ0) is 14.0. The van der Waals surface area contributed by atoms with Gasteiger partial charge in [0.25, 0.3) is 0 Å². The largest absolute Gasteiger partial charge is 0.464 e. The summed E-state index contributed by atoms with van der Waals surface area (Å²) in [4.78, 5) is 3.78. The van der Waals surface area contributed by atoms with Gasteiger partial charge in [-0.1, -0.05) is 0 Å². The zero-order valence-corrected chi connectivity index (χ0v) is 10.5. The number of aryl methyl sites for hydroxylation is 1. The lowest BCUT2D eigenvalue weighted by Crippen LogP contribution is -2.21. The fraction of sp³-hybridized carbons (Fsp3) is 0.308. The van der Waals surface area contributed by atoms with Crippen molar-refractivity contribution < 1.29 is 17.6 Å². The van der Waals surface area contributed by atoms with Crippen molar-refractivity contribution in [1.29, 1.82) is 0 Å². The van der Waals surface area contributed by atoms with Crippen molar-refractivity contribution in [2.45, 2.75) is 19.1 Å². The van der Waals surface area contributed by atoms with Crippen molar-refractivity contribution in [3.63, 3.8) is 0 Å². The number of halogens is 3. The monoisotopic (exact) mass is 270 g/mol. The summed E-state index contributed by atoms with van der Waals surface area (Å²) in [5.41, 5.74) is -0.664. The van der Waals surface area contributed by atoms with Crippen molar-refractivity contribution in [1.82, 2.24) is 10.3 Å². The lowest BCUT2D eigenvalue weighted by atomic mass is 10.0. The summed E-state index contributed by atoms with van der Waals surface area (Å²) in [5, 5.41) is 2.83. The van der Waals surface area contributed by atoms with E-state index in [-0.39, 0.29) is 5.56 Å². The Kier molecular flexibility index (Phi) is 3.61. The molecule has 102 valence electrons. The van der Waals surface area contributed by atoms with Gasteiger partial charge in [0, 0.05) is 18.0 Å². The van der Waals surface area contributed by atoms with E-state index in [0.717, 1.165) is 12.3 Å². The highest BCUT2D eigenvalue weighted by Gasteiger charge is 2.36. The summed E-state index contributed by atoms with van der Waals surface area (Å²) in [6.45, 7) is 1.74. The van der Waals surface area contributed by atoms with Crippen molar-refractivity contribution in [2.24, 2.45) is 0 Å². The maximum absolute atomic E-state index is 13.0. The number of nitrogens with one attached hydrogen (secondary N) is 1. The van der Waals surface area contributed by atoms with E-state index in [2.05, 4.69) is 10.3 Å². The number of alkyl halides is 3. The molecule has 0 fully saturated rings. The van der Waals surface area contributed by atoms with Crippen LogP contribution >= 0.6 is 0 Å². The van der Waals surface area contributed by atoms with E-state index in [1.165, 1.54) is 6.20 Å². The fourth-order valence-electron chi connectivity index (χ4n) is 1.95. The Balaban J connectivity index is 2.50. The van der Waals surface area contributed by atoms with Gasteiger partial charge in [0.1, 0.15) is 11.5 Å². The topological polar surface area (TPSA) is 38.1 Å². The van der Waals surface area contributed by atoms with Gasteiger partial charge in [0.05, 0.1) is 11.6 Å². The van der Waals surface area contributed by atoms with Gasteiger partial charge in [0.15, 0.2) is 0 Å². The number of aromatic nitrogens is 1. The zero-order valence-electron chi connectivity index (χ0n) is 10.5. The Morgan fingerprint density at radius 3 is 2.53 bits per heavy atom. The van der Waals surface area contributed by atoms with Crippen LogP contribution in [0.2, 0.25) is 0 Å². The summed E-state index contributed by atoms with van der Waals surface area (Å²) >= 11 is 0. The molecule has 0 aromatic carbocycles. The fourth-order valence-corrected chi connectivity index (χ4v) is 1.95. The molecular formula is C13H13F3N2O. The molecule has 6 heteroatoms. The minimum absolute atomic E-state index is 0.0480. The van der Waals surface area contributed by atoms with Gasteiger partial charge in [-0.05, 0) is 32.2 Å². The van der Waals surface area contributed by atoms with Crippen molar-refractivity contribution in [3.8, 4) is 0 Å². The minimum atomic E-state index is -4.42. The lowest BCUT2D eigenvalue weighted by molar-refractivity contribution is -0.138. The second-order valence-electron chi connectivity index (χ2n) is 4.13. The van der Waals surface area contributed by atoms with Gasteiger partial charge in [-0.25, -0.2) is 0 Å². The highest BCUT2D eigenvalue weighted by atomic mass is 19.4. The molecule has 1 atom stereocenters. The van der Waals surface area contributed by atoms with E-state index in [1.54, 1.807) is 26.1 Å². The Bertz CT molecular complexity index is 563. The molecule has 2 rings (SSSR count). The van der Waals surface area contributed by atoms with Crippen LogP contribution in [0.15, 0.2) is 35.0 Å². The van der Waals surface area contributed by atoms with Crippen LogP contribution in [0.5, 0.6) is 0 Å². The molecule has 2 aromatic rings. The average Bonchev–Trinajstić information content (AvgIpc) is 2.76. The predicted molar refractivity (Wildman–Crippen MR) is 63.6 cm³/mol. The predicted octanol–water partition coefficient (Wildman–Crippen LogP) is 3.31. The summed E-state index contributed by atoms with van der Waals surface area (Å²) in [6.07, 6.45) is -2.08. The highest BCUT2D eigenvalue weighted by molar-refractivity contribution is 5.34. The molecule has 0 radical (unpaired) electrons. The number of nitrogens with zero attached hydrogens (tertiary/aromatic N) is 1. The molecule has 0 saturated carbocycles. The van der Waals surface area contributed by atoms with Crippen LogP contribution in [-0.2, 0) is 6.18 Å². The molecule has 2 aromatic heterocycles. The van der Waals surface area contributed by atoms with Gasteiger partial charge in [-0.3, -0.25) is 4.98 Å². The quantitative estimate of drug-likeness (QED) is 0.929. The van der Waals surface area contributed by atoms with Crippen LogP contribution in [0.4, 0.5) is 13.2 Å². The molecular weight excluding hydrogens is 257 g/mol. The van der Waals surface area contributed by atoms with Crippen LogP contribution < -0.4 is 5.32 Å². The maximum atomic E-state index is 13.0. The van der Waals surface area contributed by atoms with E-state index in [4.69, 9.17) is 4.42 Å². The summed E-state index contributed by atoms with van der Waals surface area (Å²) in [6, 6.07) is 3.65. The average molecular weight is 270 g/mol. The molecule has 1 N–H and O–H groups in total. The molecule has 0 aliphatic heterocycles. The summed E-state index contributed by atoms with van der Waals surface area (Å²) in [7, 11) is 1.58. The van der Waals surface area contributed by atoms with E-state index in [9.17, 15) is 13.2 Å². The van der Waals surface area contributed by atoms with Gasteiger partial charge >= 0.3 is 6.18 Å². The van der Waals surface area contributed by atoms with Crippen LogP contribution in [0.1, 0.15) is 28.7 Å². The molecule has 19 heavy (non-hydrogen) atoms. The van der Waals surface area contributed by atoms with E-state index < -0.39 is 17.8 Å². The Labute approximate surface area is 108 Å². The standard InChI is InChI=1S/C13H13F3N2O/c1-8-3-4-11(19-8)12(17-2)9-7-18-6-5-10(9)13(14,15)16/h3-7,12,17H,1-2H3. The third-order valence-electron chi connectivity index (χ3n) is 2.80. The number of hydrogen-bond acceptors (Lipinski definition) is 3. The Morgan fingerprint density at radius 1 is 1.26 bits per heavy atom. The first-order chi connectivity index (χ1) is 8.93. The van der Waals surface area contributed by atoms with Crippen molar-refractivity contribution in [2.75, 3.05) is 7.05 Å². The molecule has 2 heterocycles. The normalized spacial score (nSPS) is 13.5. The van der Waals surface area contributed by atoms with E-state index >= 15 is 0 Å². The smallest absolute Gasteiger partial charge is 0.416 e. The van der Waals surface area contributed by atoms with Gasteiger partial charge in [-0.2, -0.15) is 13.2 Å². The van der Waals surface area contributed by atoms with Crippen LogP contribution in [0.25, 0.3) is 0 Å². The van der Waals surface area contributed by atoms with Crippen molar-refractivity contribution in [3.05, 3.63) is 53.2 Å². The van der Waals surface area contributed by atoms with Crippen LogP contribution in [0, 0.1) is 6.92 Å². The summed E-state index contributed by atoms with van der Waals surface area (Å²) < 4.78 is 44.3. The second kappa shape index (κ2) is 5.05. The number of pyridine rings is 1. The SMILES string of the molecule is CNC(c1ccc(C)o1)c1cnccc1C(F)(F)F. The minimum Gasteiger partial charge on any atom is -0.464 e. The van der Waals surface area contributed by atoms with E-state index in [1.807, 2.05) is 0 Å². The molecule has 3 nitrogen and oxygen atoms in total. The van der Waals surface area contributed by atoms with Gasteiger partial charge in [0.2, 0.25) is 0 Å². The molecule has 0 amide bonds. The molecule has 0 saturated heterocycles. The Hall–Kier alpha value is -1.82. The van der Waals surface area contributed by atoms with Crippen molar-refractivity contribution >= 4 is 0 Å². The maximum Gasteiger partial charge on any atom is 0.416 e. The third kappa shape index (κ3) is 2.78. The Morgan fingerprint density at radius 2 is 2.00 bits per heavy atom. The molecule has 0 bridgehead atoms. The van der Waals surface area contributed by atoms with Crippen LogP contribution in [-0.4, -0.2) is 12.0 Å². The lowest BCUT2D eigenvalue weighted by Gasteiger charge is -2.19. The number of rotatable bonds is 3. The van der Waals surface area contributed by atoms with Gasteiger partial charge in [-0.15, -0.1) is 0 Å². The molecule has 0 aliphatic rings. The molecule has 0 spiro atoms. The summed E-state index contributed by atoms with van der Waals surface area (Å²) in [5.74, 6) is 1.08. The first-order valence-electron chi connectivity index (χ1n) is 5.68. The molecule has 0 aliphatic carbocycles. The number of furan rings is 1. The number of hydrogen-bond donors (Lipinski definition) is 1.